The van der Waals surface area contributed by atoms with Crippen molar-refractivity contribution < 1.29 is 14.3 Å². The van der Waals surface area contributed by atoms with Crippen molar-refractivity contribution in [1.82, 2.24) is 9.97 Å². The average Bonchev–Trinajstić information content (AvgIpc) is 2.70. The summed E-state index contributed by atoms with van der Waals surface area (Å²) in [5.74, 6) is 0.496. The molecule has 28 heavy (non-hydrogen) atoms. The van der Waals surface area contributed by atoms with E-state index in [1.165, 1.54) is 19.2 Å². The van der Waals surface area contributed by atoms with E-state index in [9.17, 15) is 9.59 Å². The molecular weight excluding hydrogens is 356 g/mol. The number of Topliss-reactive ketones (excluding diaryl/α,β-unsaturated/α-hetero) is 1. The molecule has 0 aliphatic heterocycles. The van der Waals surface area contributed by atoms with Crippen LogP contribution in [0.5, 0.6) is 5.75 Å². The molecule has 142 valence electrons. The number of amides is 1. The number of anilines is 3. The first-order chi connectivity index (χ1) is 13.6. The fraction of sp³-hybridized carbons (Fsp3) is 0.143. The minimum absolute atomic E-state index is 0.00574. The van der Waals surface area contributed by atoms with Crippen LogP contribution in [0.15, 0.2) is 60.8 Å². The second-order valence-corrected chi connectivity index (χ2v) is 5.91. The van der Waals surface area contributed by atoms with Crippen molar-refractivity contribution in [2.75, 3.05) is 17.2 Å². The molecule has 1 amide bonds. The molecular formula is C21H20N4O3. The van der Waals surface area contributed by atoms with Crippen molar-refractivity contribution in [1.29, 1.82) is 0 Å². The van der Waals surface area contributed by atoms with Crippen LogP contribution in [0.4, 0.5) is 17.3 Å². The second-order valence-electron chi connectivity index (χ2n) is 5.91. The first kappa shape index (κ1) is 19.0. The Kier molecular flexibility index (Phi) is 5.96. The molecule has 7 nitrogen and oxygen atoms in total. The highest BCUT2D eigenvalue weighted by Gasteiger charge is 2.12. The Hall–Kier alpha value is -3.74. The number of hydrogen-bond donors (Lipinski definition) is 2. The van der Waals surface area contributed by atoms with Crippen LogP contribution in [0.25, 0.3) is 0 Å². The summed E-state index contributed by atoms with van der Waals surface area (Å²) >= 11 is 0. The first-order valence-electron chi connectivity index (χ1n) is 8.81. The smallest absolute Gasteiger partial charge is 0.274 e. The molecule has 3 aromatic rings. The third kappa shape index (κ3) is 4.70. The number of aromatic nitrogens is 2. The molecule has 0 aliphatic carbocycles. The van der Waals surface area contributed by atoms with Crippen LogP contribution in [-0.2, 0) is 0 Å². The van der Waals surface area contributed by atoms with E-state index in [0.717, 1.165) is 0 Å². The Morgan fingerprint density at radius 2 is 1.79 bits per heavy atom. The standard InChI is InChI=1S/C21H20N4O3/c1-3-28-19-7-5-4-6-17(19)24-20(27)18-12-13-22-21(25-18)23-16-10-8-15(9-11-16)14(2)26/h4-13H,3H2,1-2H3,(H,24,27)(H,22,23,25). The van der Waals surface area contributed by atoms with Crippen LogP contribution >= 0.6 is 0 Å². The number of para-hydroxylation sites is 2. The van der Waals surface area contributed by atoms with E-state index >= 15 is 0 Å². The quantitative estimate of drug-likeness (QED) is 0.604. The number of carbonyl (C=O) groups is 2. The summed E-state index contributed by atoms with van der Waals surface area (Å²) in [7, 11) is 0. The van der Waals surface area contributed by atoms with Gasteiger partial charge in [-0.25, -0.2) is 9.97 Å². The third-order valence-electron chi connectivity index (χ3n) is 3.87. The van der Waals surface area contributed by atoms with E-state index in [1.54, 1.807) is 36.4 Å². The largest absolute Gasteiger partial charge is 0.492 e. The molecule has 0 radical (unpaired) electrons. The van der Waals surface area contributed by atoms with E-state index in [0.29, 0.717) is 29.3 Å². The number of ether oxygens (including phenoxy) is 1. The van der Waals surface area contributed by atoms with Gasteiger partial charge in [0.25, 0.3) is 5.91 Å². The fourth-order valence-corrected chi connectivity index (χ4v) is 2.50. The Labute approximate surface area is 162 Å². The van der Waals surface area contributed by atoms with Crippen molar-refractivity contribution in [3.05, 3.63) is 72.1 Å². The molecule has 7 heteroatoms. The van der Waals surface area contributed by atoms with Gasteiger partial charge in [-0.2, -0.15) is 0 Å². The maximum absolute atomic E-state index is 12.6. The van der Waals surface area contributed by atoms with Crippen LogP contribution in [0.3, 0.4) is 0 Å². The van der Waals surface area contributed by atoms with Gasteiger partial charge in [0.05, 0.1) is 12.3 Å². The predicted molar refractivity (Wildman–Crippen MR) is 107 cm³/mol. The maximum Gasteiger partial charge on any atom is 0.274 e. The van der Waals surface area contributed by atoms with E-state index in [4.69, 9.17) is 4.74 Å². The van der Waals surface area contributed by atoms with Gasteiger partial charge in [-0.05, 0) is 56.3 Å². The average molecular weight is 376 g/mol. The molecule has 0 fully saturated rings. The van der Waals surface area contributed by atoms with Crippen LogP contribution in [0.1, 0.15) is 34.7 Å². The minimum atomic E-state index is -0.371. The van der Waals surface area contributed by atoms with Crippen molar-refractivity contribution in [3.8, 4) is 5.75 Å². The Balaban J connectivity index is 1.74. The van der Waals surface area contributed by atoms with Gasteiger partial charge < -0.3 is 15.4 Å². The maximum atomic E-state index is 12.6. The summed E-state index contributed by atoms with van der Waals surface area (Å²) in [6.45, 7) is 3.89. The van der Waals surface area contributed by atoms with E-state index in [-0.39, 0.29) is 23.3 Å². The van der Waals surface area contributed by atoms with Gasteiger partial charge in [0.1, 0.15) is 11.4 Å². The Morgan fingerprint density at radius 3 is 2.50 bits per heavy atom. The summed E-state index contributed by atoms with van der Waals surface area (Å²) in [4.78, 5) is 32.3. The van der Waals surface area contributed by atoms with Crippen molar-refractivity contribution in [2.45, 2.75) is 13.8 Å². The summed E-state index contributed by atoms with van der Waals surface area (Å²) in [6, 6.07) is 15.7. The van der Waals surface area contributed by atoms with Crippen molar-refractivity contribution in [3.63, 3.8) is 0 Å². The van der Waals surface area contributed by atoms with Gasteiger partial charge in [-0.1, -0.05) is 12.1 Å². The molecule has 0 saturated carbocycles. The Bertz CT molecular complexity index is 987. The molecule has 2 N–H and O–H groups in total. The zero-order valence-electron chi connectivity index (χ0n) is 15.6. The van der Waals surface area contributed by atoms with Gasteiger partial charge in [-0.3, -0.25) is 9.59 Å². The number of hydrogen-bond acceptors (Lipinski definition) is 6. The molecule has 1 heterocycles. The minimum Gasteiger partial charge on any atom is -0.492 e. The second kappa shape index (κ2) is 8.77. The molecule has 0 spiro atoms. The van der Waals surface area contributed by atoms with Gasteiger partial charge in [0, 0.05) is 17.4 Å². The predicted octanol–water partition coefficient (Wildman–Crippen LogP) is 4.07. The van der Waals surface area contributed by atoms with Gasteiger partial charge in [0.15, 0.2) is 5.78 Å². The van der Waals surface area contributed by atoms with Crippen LogP contribution in [0.2, 0.25) is 0 Å². The summed E-state index contributed by atoms with van der Waals surface area (Å²) in [5, 5.41) is 5.83. The lowest BCUT2D eigenvalue weighted by molar-refractivity contribution is 0.101. The van der Waals surface area contributed by atoms with E-state index in [1.807, 2.05) is 19.1 Å². The highest BCUT2D eigenvalue weighted by Crippen LogP contribution is 2.24. The van der Waals surface area contributed by atoms with Crippen molar-refractivity contribution >= 4 is 29.0 Å². The van der Waals surface area contributed by atoms with Crippen LogP contribution in [0, 0.1) is 0 Å². The fourth-order valence-electron chi connectivity index (χ4n) is 2.50. The molecule has 0 unspecified atom stereocenters. The number of carbonyl (C=O) groups excluding carboxylic acids is 2. The molecule has 0 bridgehead atoms. The number of nitrogens with one attached hydrogen (secondary N) is 2. The molecule has 0 saturated heterocycles. The van der Waals surface area contributed by atoms with Gasteiger partial charge >= 0.3 is 0 Å². The number of rotatable bonds is 7. The van der Waals surface area contributed by atoms with Crippen LogP contribution in [-0.4, -0.2) is 28.3 Å². The lowest BCUT2D eigenvalue weighted by atomic mass is 10.1. The Morgan fingerprint density at radius 1 is 1.04 bits per heavy atom. The highest BCUT2D eigenvalue weighted by atomic mass is 16.5. The first-order valence-corrected chi connectivity index (χ1v) is 8.81. The zero-order chi connectivity index (χ0) is 19.9. The molecule has 2 aromatic carbocycles. The summed E-state index contributed by atoms with van der Waals surface area (Å²) < 4.78 is 5.52. The zero-order valence-corrected chi connectivity index (χ0v) is 15.6. The third-order valence-corrected chi connectivity index (χ3v) is 3.87. The number of benzene rings is 2. The lowest BCUT2D eigenvalue weighted by Gasteiger charge is -2.11. The normalized spacial score (nSPS) is 10.2. The van der Waals surface area contributed by atoms with Crippen molar-refractivity contribution in [2.24, 2.45) is 0 Å². The number of ketones is 1. The van der Waals surface area contributed by atoms with E-state index < -0.39 is 0 Å². The topological polar surface area (TPSA) is 93.2 Å². The molecule has 0 atom stereocenters. The number of nitrogens with zero attached hydrogens (tertiary/aromatic N) is 2. The summed E-state index contributed by atoms with van der Waals surface area (Å²) in [5.41, 5.74) is 2.11. The lowest BCUT2D eigenvalue weighted by Crippen LogP contribution is -2.15. The summed E-state index contributed by atoms with van der Waals surface area (Å²) in [6.07, 6.45) is 1.50. The monoisotopic (exact) mass is 376 g/mol. The van der Waals surface area contributed by atoms with E-state index in [2.05, 4.69) is 20.6 Å². The SMILES string of the molecule is CCOc1ccccc1NC(=O)c1ccnc(Nc2ccc(C(C)=O)cc2)n1. The molecule has 3 rings (SSSR count). The molecule has 0 aliphatic rings. The highest BCUT2D eigenvalue weighted by molar-refractivity contribution is 6.03. The van der Waals surface area contributed by atoms with Gasteiger partial charge in [-0.15, -0.1) is 0 Å². The molecule has 1 aromatic heterocycles. The van der Waals surface area contributed by atoms with Gasteiger partial charge in [0.2, 0.25) is 5.95 Å². The van der Waals surface area contributed by atoms with Crippen LogP contribution < -0.4 is 15.4 Å².